The number of ether oxygens (including phenoxy) is 2. The molecule has 2 saturated heterocycles. The first-order valence-electron chi connectivity index (χ1n) is 13.7. The molecule has 0 radical (unpaired) electrons. The lowest BCUT2D eigenvalue weighted by molar-refractivity contribution is -0.146. The van der Waals surface area contributed by atoms with Gasteiger partial charge in [0.05, 0.1) is 12.1 Å². The van der Waals surface area contributed by atoms with Crippen LogP contribution < -0.4 is 16.4 Å². The first kappa shape index (κ1) is 29.9. The minimum atomic E-state index is -1.10. The number of nitrogens with two attached hydrogens (primary N) is 1. The zero-order chi connectivity index (χ0) is 28.4. The van der Waals surface area contributed by atoms with Crippen molar-refractivity contribution in [2.24, 2.45) is 23.0 Å². The Hall–Kier alpha value is -2.69. The maximum Gasteiger partial charge on any atom is 0.408 e. The molecule has 2 aliphatic heterocycles. The monoisotopic (exact) mass is 536 g/mol. The standard InChI is InChI=1S/C27H44N4O7/c1-15-19(30-25(36)38-26(2,3)4)24(35)31-14-16-18(27(16,5)6)20(31)23(34)29-17(21(32)22(28)33)12-10-8-7-9-11-13-37-15/h15-20H,7-14H2,1-6H3,(H2,28,33)(H,29,34)(H,30,36)/t15-,16-,17-,18-,19-,20-/m0/s1. The first-order valence-corrected chi connectivity index (χ1v) is 13.7. The van der Waals surface area contributed by atoms with Gasteiger partial charge in [-0.1, -0.05) is 39.5 Å². The van der Waals surface area contributed by atoms with Crippen LogP contribution in [-0.4, -0.2) is 77.5 Å². The maximum absolute atomic E-state index is 13.9. The van der Waals surface area contributed by atoms with Gasteiger partial charge >= 0.3 is 6.09 Å². The summed E-state index contributed by atoms with van der Waals surface area (Å²) in [6, 6.07) is -2.96. The summed E-state index contributed by atoms with van der Waals surface area (Å²) in [5.74, 6) is -2.90. The van der Waals surface area contributed by atoms with Crippen molar-refractivity contribution >= 4 is 29.6 Å². The molecule has 4 amide bonds. The van der Waals surface area contributed by atoms with Gasteiger partial charge in [-0.25, -0.2) is 4.79 Å². The van der Waals surface area contributed by atoms with E-state index < -0.39 is 59.4 Å². The van der Waals surface area contributed by atoms with E-state index in [0.717, 1.165) is 25.7 Å². The molecule has 3 fully saturated rings. The number of hydrogen-bond donors (Lipinski definition) is 3. The van der Waals surface area contributed by atoms with Crippen LogP contribution in [-0.2, 0) is 28.7 Å². The van der Waals surface area contributed by atoms with E-state index in [0.29, 0.717) is 26.0 Å². The molecule has 3 rings (SSSR count). The van der Waals surface area contributed by atoms with Gasteiger partial charge in [-0.3, -0.25) is 19.2 Å². The molecule has 0 bridgehead atoms. The summed E-state index contributed by atoms with van der Waals surface area (Å²) in [4.78, 5) is 66.0. The zero-order valence-corrected chi connectivity index (χ0v) is 23.5. The number of carbonyl (C=O) groups is 5. The third-order valence-corrected chi connectivity index (χ3v) is 8.06. The number of rotatable bonds is 3. The molecular formula is C27H44N4O7. The lowest BCUT2D eigenvalue weighted by atomic mass is 9.97. The predicted molar refractivity (Wildman–Crippen MR) is 139 cm³/mol. The fraction of sp³-hybridized carbons (Fsp3) is 0.815. The SMILES string of the molecule is C[C@@H]1OCCCCCCC[C@@H](C(=O)C(N)=O)NC(=O)[C@@H]2[C@@H]3[C@H](CN2C(=O)[C@H]1NC(=O)OC(C)(C)C)C3(C)C. The van der Waals surface area contributed by atoms with Crippen LogP contribution in [0.2, 0.25) is 0 Å². The van der Waals surface area contributed by atoms with E-state index in [1.54, 1.807) is 27.7 Å². The number of carbonyl (C=O) groups excluding carboxylic acids is 5. The number of nitrogens with zero attached hydrogens (tertiary/aromatic N) is 1. The molecule has 4 N–H and O–H groups in total. The Bertz CT molecular complexity index is 944. The second-order valence-corrected chi connectivity index (χ2v) is 12.4. The largest absolute Gasteiger partial charge is 0.444 e. The number of fused-ring (bicyclic) bond motifs is 3. The van der Waals surface area contributed by atoms with Crippen LogP contribution in [0.4, 0.5) is 4.79 Å². The summed E-state index contributed by atoms with van der Waals surface area (Å²) in [7, 11) is 0. The first-order chi connectivity index (χ1) is 17.6. The van der Waals surface area contributed by atoms with Crippen molar-refractivity contribution in [2.75, 3.05) is 13.2 Å². The zero-order valence-electron chi connectivity index (χ0n) is 23.5. The summed E-state index contributed by atoms with van der Waals surface area (Å²) in [5.41, 5.74) is 4.34. The van der Waals surface area contributed by atoms with E-state index in [4.69, 9.17) is 15.2 Å². The average Bonchev–Trinajstić information content (AvgIpc) is 3.14. The molecular weight excluding hydrogens is 492 g/mol. The summed E-state index contributed by atoms with van der Waals surface area (Å²) >= 11 is 0. The average molecular weight is 537 g/mol. The second kappa shape index (κ2) is 11.6. The lowest BCUT2D eigenvalue weighted by Crippen LogP contribution is -2.60. The highest BCUT2D eigenvalue weighted by atomic mass is 16.6. The van der Waals surface area contributed by atoms with Gasteiger partial charge in [-0.2, -0.15) is 0 Å². The Balaban J connectivity index is 1.91. The van der Waals surface area contributed by atoms with E-state index >= 15 is 0 Å². The number of amides is 4. The molecule has 214 valence electrons. The van der Waals surface area contributed by atoms with Gasteiger partial charge < -0.3 is 30.7 Å². The van der Waals surface area contributed by atoms with Crippen LogP contribution in [0.25, 0.3) is 0 Å². The van der Waals surface area contributed by atoms with Crippen LogP contribution >= 0.6 is 0 Å². The quantitative estimate of drug-likeness (QED) is 0.463. The van der Waals surface area contributed by atoms with Crippen LogP contribution in [0.5, 0.6) is 0 Å². The molecule has 0 aromatic heterocycles. The summed E-state index contributed by atoms with van der Waals surface area (Å²) in [5, 5.41) is 5.41. The van der Waals surface area contributed by atoms with Crippen LogP contribution in [0.1, 0.15) is 80.1 Å². The third kappa shape index (κ3) is 6.84. The fourth-order valence-electron chi connectivity index (χ4n) is 5.85. The van der Waals surface area contributed by atoms with Crippen molar-refractivity contribution in [3.63, 3.8) is 0 Å². The Morgan fingerprint density at radius 2 is 1.74 bits per heavy atom. The number of hydrogen-bond acceptors (Lipinski definition) is 7. The number of Topliss-reactive ketones (excluding diaryl/α,β-unsaturated/α-hetero) is 1. The molecule has 2 heterocycles. The topological polar surface area (TPSA) is 157 Å². The minimum Gasteiger partial charge on any atom is -0.444 e. The lowest BCUT2D eigenvalue weighted by Gasteiger charge is -2.35. The Kier molecular flexibility index (Phi) is 9.11. The van der Waals surface area contributed by atoms with Gasteiger partial charge in [0.25, 0.3) is 5.91 Å². The van der Waals surface area contributed by atoms with Gasteiger partial charge in [-0.15, -0.1) is 0 Å². The molecule has 38 heavy (non-hydrogen) atoms. The number of ketones is 1. The highest BCUT2D eigenvalue weighted by Crippen LogP contribution is 2.65. The maximum atomic E-state index is 13.9. The molecule has 6 atom stereocenters. The van der Waals surface area contributed by atoms with Gasteiger partial charge in [0, 0.05) is 13.2 Å². The number of primary amides is 1. The van der Waals surface area contributed by atoms with E-state index in [9.17, 15) is 24.0 Å². The molecule has 1 aliphatic carbocycles. The molecule has 0 aromatic carbocycles. The molecule has 11 nitrogen and oxygen atoms in total. The Morgan fingerprint density at radius 1 is 1.11 bits per heavy atom. The molecule has 3 aliphatic rings. The normalized spacial score (nSPS) is 32.4. The third-order valence-electron chi connectivity index (χ3n) is 8.06. The highest BCUT2D eigenvalue weighted by Gasteiger charge is 2.69. The van der Waals surface area contributed by atoms with Gasteiger partial charge in [0.15, 0.2) is 0 Å². The summed E-state index contributed by atoms with van der Waals surface area (Å²) < 4.78 is 11.4. The van der Waals surface area contributed by atoms with Crippen molar-refractivity contribution in [3.8, 4) is 0 Å². The van der Waals surface area contributed by atoms with Crippen LogP contribution in [0, 0.1) is 17.3 Å². The Labute approximate surface area is 224 Å². The second-order valence-electron chi connectivity index (χ2n) is 12.4. The molecule has 1 saturated carbocycles. The van der Waals surface area contributed by atoms with E-state index in [1.165, 1.54) is 4.90 Å². The summed E-state index contributed by atoms with van der Waals surface area (Å²) in [6.07, 6.45) is 2.87. The molecule has 0 unspecified atom stereocenters. The van der Waals surface area contributed by atoms with Gasteiger partial charge in [0.1, 0.15) is 17.7 Å². The van der Waals surface area contributed by atoms with E-state index in [-0.39, 0.29) is 17.3 Å². The van der Waals surface area contributed by atoms with Crippen LogP contribution in [0.15, 0.2) is 0 Å². The Morgan fingerprint density at radius 3 is 2.37 bits per heavy atom. The summed E-state index contributed by atoms with van der Waals surface area (Å²) in [6.45, 7) is 11.7. The van der Waals surface area contributed by atoms with Crippen molar-refractivity contribution in [1.82, 2.24) is 15.5 Å². The number of piperidine rings is 1. The highest BCUT2D eigenvalue weighted by molar-refractivity contribution is 6.37. The van der Waals surface area contributed by atoms with Gasteiger partial charge in [-0.05, 0) is 57.8 Å². The minimum absolute atomic E-state index is 0.0907. The van der Waals surface area contributed by atoms with Gasteiger partial charge in [0.2, 0.25) is 17.6 Å². The van der Waals surface area contributed by atoms with Crippen molar-refractivity contribution in [3.05, 3.63) is 0 Å². The van der Waals surface area contributed by atoms with Crippen LogP contribution in [0.3, 0.4) is 0 Å². The van der Waals surface area contributed by atoms with E-state index in [2.05, 4.69) is 10.6 Å². The number of alkyl carbamates (subject to hydrolysis) is 1. The fourth-order valence-corrected chi connectivity index (χ4v) is 5.85. The van der Waals surface area contributed by atoms with Crippen molar-refractivity contribution < 1.29 is 33.4 Å². The van der Waals surface area contributed by atoms with Crippen molar-refractivity contribution in [2.45, 2.75) is 110 Å². The van der Waals surface area contributed by atoms with E-state index in [1.807, 2.05) is 13.8 Å². The van der Waals surface area contributed by atoms with Crippen molar-refractivity contribution in [1.29, 1.82) is 0 Å². The number of nitrogens with one attached hydrogen (secondary N) is 2. The molecule has 0 spiro atoms. The molecule has 11 heteroatoms. The molecule has 0 aromatic rings. The predicted octanol–water partition coefficient (Wildman–Crippen LogP) is 1.66. The smallest absolute Gasteiger partial charge is 0.408 e.